The van der Waals surface area contributed by atoms with E-state index in [-0.39, 0.29) is 47.7 Å². The molecule has 5 aliphatic rings. The molecule has 7 rings (SSSR count). The molecule has 0 saturated heterocycles. The molecule has 0 aromatic heterocycles. The molecule has 14 nitrogen and oxygen atoms in total. The number of carboxylic acids is 2. The van der Waals surface area contributed by atoms with Crippen molar-refractivity contribution in [1.82, 2.24) is 19.6 Å². The van der Waals surface area contributed by atoms with Crippen LogP contribution in [0.1, 0.15) is 153 Å². The molecule has 0 amide bonds. The number of aryl methyl sites for hydroxylation is 2. The minimum absolute atomic E-state index is 0. The predicted molar refractivity (Wildman–Crippen MR) is 279 cm³/mol. The van der Waals surface area contributed by atoms with Crippen molar-refractivity contribution in [1.29, 1.82) is 0 Å². The number of guanidine groups is 2. The minimum Gasteiger partial charge on any atom is -0.507 e. The molecule has 0 spiro atoms. The largest absolute Gasteiger partial charge is 0.507 e. The van der Waals surface area contributed by atoms with Crippen molar-refractivity contribution in [3.05, 3.63) is 65.1 Å². The van der Waals surface area contributed by atoms with Crippen LogP contribution in [0.25, 0.3) is 0 Å². The number of aliphatic carboxylic acids is 2. The second-order valence-electron chi connectivity index (χ2n) is 21.6. The van der Waals surface area contributed by atoms with Gasteiger partial charge in [-0.2, -0.15) is 0 Å². The van der Waals surface area contributed by atoms with Gasteiger partial charge in [-0.15, -0.1) is 0 Å². The van der Waals surface area contributed by atoms with Crippen LogP contribution in [0.2, 0.25) is 0 Å². The Morgan fingerprint density at radius 3 is 1.26 bits per heavy atom. The molecule has 1 aliphatic carbocycles. The van der Waals surface area contributed by atoms with Crippen LogP contribution in [0.4, 0.5) is 0 Å². The van der Waals surface area contributed by atoms with E-state index in [0.717, 1.165) is 152 Å². The van der Waals surface area contributed by atoms with Crippen molar-refractivity contribution in [2.45, 2.75) is 155 Å². The third-order valence-corrected chi connectivity index (χ3v) is 14.5. The Labute approximate surface area is 431 Å². The Hall–Kier alpha value is -4.61. The molecule has 388 valence electrons. The number of hydrogen-bond acceptors (Lipinski definition) is 10. The average molecular weight is 1010 g/mol. The monoisotopic (exact) mass is 1010 g/mol. The van der Waals surface area contributed by atoms with Gasteiger partial charge in [0.25, 0.3) is 0 Å². The Morgan fingerprint density at radius 2 is 0.943 bits per heavy atom. The van der Waals surface area contributed by atoms with Gasteiger partial charge in [-0.25, -0.2) is 9.59 Å². The van der Waals surface area contributed by atoms with Crippen molar-refractivity contribution in [2.75, 3.05) is 78.5 Å². The number of aromatic hydroxyl groups is 2. The minimum atomic E-state index is -1.82. The van der Waals surface area contributed by atoms with Crippen LogP contribution in [0, 0.1) is 7.43 Å². The molecule has 2 aromatic carbocycles. The summed E-state index contributed by atoms with van der Waals surface area (Å²) in [5.74, 6) is -0.0611. The fourth-order valence-corrected chi connectivity index (χ4v) is 10.7. The fraction of sp³-hybridized carbons (Fsp3) is 0.655. The van der Waals surface area contributed by atoms with Gasteiger partial charge in [0.15, 0.2) is 0 Å². The normalized spacial score (nSPS) is 19.9. The van der Waals surface area contributed by atoms with Gasteiger partial charge in [-0.05, 0) is 97.6 Å². The third-order valence-electron chi connectivity index (χ3n) is 14.5. The summed E-state index contributed by atoms with van der Waals surface area (Å²) >= 11 is 0. The summed E-state index contributed by atoms with van der Waals surface area (Å²) in [4.78, 5) is 38.9. The molecule has 70 heavy (non-hydrogen) atoms. The van der Waals surface area contributed by atoms with Gasteiger partial charge in [0, 0.05) is 66.6 Å². The maximum Gasteiger partial charge on any atom is 0.414 e. The number of rotatable bonds is 14. The van der Waals surface area contributed by atoms with Crippen LogP contribution in [-0.4, -0.2) is 176 Å². The van der Waals surface area contributed by atoms with Crippen molar-refractivity contribution < 1.29 is 56.5 Å². The SMILES string of the molecule is CCN1CCC[N+]2=C1N(CCCc1cc(C(C)(C)C)cc(C=NC3CCCCC3N=Cc3cc(C(C)(C)C)cc(CCCN4CCC[N+]5=C4N(CC)CCC5)c3O)c1O)CCC2.O=C(O)C(=O)O.[CH3-].[Cr]. The van der Waals surface area contributed by atoms with E-state index < -0.39 is 11.9 Å². The number of nitrogens with zero attached hydrogens (tertiary/aromatic N) is 8. The molecule has 2 aromatic rings. The maximum absolute atomic E-state index is 11.8. The summed E-state index contributed by atoms with van der Waals surface area (Å²) in [5.41, 5.74) is 6.00. The van der Waals surface area contributed by atoms with Crippen LogP contribution < -0.4 is 0 Å². The number of carbonyl (C=O) groups is 2. The quantitative estimate of drug-likeness (QED) is 0.0643. The summed E-state index contributed by atoms with van der Waals surface area (Å²) in [6.07, 6.45) is 16.6. The van der Waals surface area contributed by atoms with Gasteiger partial charge in [0.1, 0.15) is 11.5 Å². The molecule has 0 radical (unpaired) electrons. The molecule has 0 bridgehead atoms. The first-order chi connectivity index (χ1) is 32.4. The van der Waals surface area contributed by atoms with Crippen LogP contribution >= 0.6 is 0 Å². The molecule has 4 heterocycles. The molecule has 4 N–H and O–H groups in total. The third kappa shape index (κ3) is 15.0. The number of phenols is 2. The first kappa shape index (κ1) is 58.0. The number of hydrogen-bond donors (Lipinski definition) is 4. The number of aliphatic imine (C=N–C) groups is 2. The molecule has 4 aliphatic heterocycles. The zero-order chi connectivity index (χ0) is 49.2. The number of benzene rings is 2. The topological polar surface area (TPSA) is 159 Å². The van der Waals surface area contributed by atoms with E-state index in [4.69, 9.17) is 29.8 Å². The van der Waals surface area contributed by atoms with Crippen LogP contribution in [-0.2, 0) is 50.6 Å². The van der Waals surface area contributed by atoms with Crippen molar-refractivity contribution in [3.8, 4) is 11.5 Å². The van der Waals surface area contributed by atoms with E-state index in [1.807, 2.05) is 12.4 Å². The van der Waals surface area contributed by atoms with Gasteiger partial charge in [-0.1, -0.05) is 66.5 Å². The molecule has 2 unspecified atom stereocenters. The standard InChI is InChI=1S/C52H80N8O2.C2H2O4.CH3.Cr/c1-9-55-25-15-27-59-31-17-29-57(49(55)59)23-13-19-39-33-43(51(3,4)5)35-41(47(39)61)37-53-45-21-11-12-22-46(45)54-38-42-36-44(52(6,7)8)34-40(48(42)62)20-14-24-58-30-18-32-60-28-16-26-56(10-2)50(58)60;3-1(4)2(5)6;;/h33-38,45-46H,9-32H2,1-8H3;(H,3,4)(H,5,6);1H3;/q;;-1;/p+2. The summed E-state index contributed by atoms with van der Waals surface area (Å²) in [6, 6.07) is 8.81. The van der Waals surface area contributed by atoms with E-state index in [0.29, 0.717) is 11.5 Å². The van der Waals surface area contributed by atoms with Crippen molar-refractivity contribution in [3.63, 3.8) is 0 Å². The summed E-state index contributed by atoms with van der Waals surface area (Å²) < 4.78 is 5.18. The van der Waals surface area contributed by atoms with E-state index in [1.165, 1.54) is 48.7 Å². The smallest absolute Gasteiger partial charge is 0.414 e. The van der Waals surface area contributed by atoms with Crippen LogP contribution in [0.15, 0.2) is 34.3 Å². The van der Waals surface area contributed by atoms with Crippen molar-refractivity contribution in [2.24, 2.45) is 9.98 Å². The van der Waals surface area contributed by atoms with Gasteiger partial charge in [0.2, 0.25) is 0 Å². The molecule has 1 fully saturated rings. The van der Waals surface area contributed by atoms with Crippen LogP contribution in [0.5, 0.6) is 11.5 Å². The zero-order valence-corrected chi connectivity index (χ0v) is 45.5. The average Bonchev–Trinajstić information content (AvgIpc) is 3.31. The Bertz CT molecular complexity index is 2050. The van der Waals surface area contributed by atoms with E-state index in [2.05, 4.69) is 108 Å². The van der Waals surface area contributed by atoms with Gasteiger partial charge in [-0.3, -0.25) is 38.7 Å². The molecular formula is C55H87CrN8O6+. The summed E-state index contributed by atoms with van der Waals surface area (Å²) in [7, 11) is 0. The molecule has 1 saturated carbocycles. The first-order valence-corrected chi connectivity index (χ1v) is 25.9. The van der Waals surface area contributed by atoms with E-state index >= 15 is 0 Å². The first-order valence-electron chi connectivity index (χ1n) is 25.9. The fourth-order valence-electron chi connectivity index (χ4n) is 10.7. The Kier molecular flexibility index (Phi) is 21.7. The second-order valence-corrected chi connectivity index (χ2v) is 21.6. The predicted octanol–water partition coefficient (Wildman–Crippen LogP) is 7.61. The van der Waals surface area contributed by atoms with Gasteiger partial charge >= 0.3 is 23.9 Å². The second kappa shape index (κ2) is 26.2. The van der Waals surface area contributed by atoms with E-state index in [9.17, 15) is 10.2 Å². The van der Waals surface area contributed by atoms with Crippen LogP contribution in [0.3, 0.4) is 0 Å². The summed E-state index contributed by atoms with van der Waals surface area (Å²) in [5, 5.41) is 38.4. The molecular weight excluding hydrogens is 921 g/mol. The molecule has 15 heteroatoms. The maximum atomic E-state index is 11.8. The number of carboxylic acid groups (broad SMARTS) is 2. The number of phenolic OH excluding ortho intramolecular Hbond substituents is 2. The summed E-state index contributed by atoms with van der Waals surface area (Å²) in [6.45, 7) is 31.3. The zero-order valence-electron chi connectivity index (χ0n) is 44.2. The van der Waals surface area contributed by atoms with Crippen molar-refractivity contribution >= 4 is 36.3 Å². The van der Waals surface area contributed by atoms with E-state index in [1.54, 1.807) is 0 Å². The molecule has 2 atom stereocenters. The van der Waals surface area contributed by atoms with Gasteiger partial charge in [0.05, 0.1) is 90.6 Å². The van der Waals surface area contributed by atoms with Gasteiger partial charge < -0.3 is 27.9 Å². The Morgan fingerprint density at radius 1 is 0.600 bits per heavy atom. The Balaban J connectivity index is 0.00000125.